The minimum atomic E-state index is -4.14. The van der Waals surface area contributed by atoms with Crippen LogP contribution in [0.4, 0.5) is 0 Å². The summed E-state index contributed by atoms with van der Waals surface area (Å²) in [6.07, 6.45) is -4.25. The van der Waals surface area contributed by atoms with Crippen LogP contribution in [0.3, 0.4) is 0 Å². The highest BCUT2D eigenvalue weighted by atomic mass is 31.2. The molecule has 3 aliphatic rings. The Morgan fingerprint density at radius 1 is 0.338 bits per heavy atom. The predicted octanol–water partition coefficient (Wildman–Crippen LogP) is -3.98. The summed E-state index contributed by atoms with van der Waals surface area (Å²) in [5, 5.41) is 133. The lowest BCUT2D eigenvalue weighted by Crippen LogP contribution is -2.64. The summed E-state index contributed by atoms with van der Waals surface area (Å²) < 4.78 is 70.9. The van der Waals surface area contributed by atoms with Crippen molar-refractivity contribution in [2.45, 2.75) is 318 Å². The van der Waals surface area contributed by atoms with Crippen LogP contribution in [0.5, 0.6) is 0 Å². The molecule has 3 aliphatic heterocycles. The first-order valence-corrected chi connectivity index (χ1v) is 48.2. The number of unbranched alkanes of at least 4 members (excludes halogenated alkanes) is 11. The van der Waals surface area contributed by atoms with E-state index in [9.17, 15) is 118 Å². The van der Waals surface area contributed by atoms with Gasteiger partial charge in [-0.25, -0.2) is 4.57 Å². The van der Waals surface area contributed by atoms with Crippen LogP contribution in [0, 0.1) is 5.92 Å². The van der Waals surface area contributed by atoms with Crippen LogP contribution in [0.25, 0.3) is 0 Å². The van der Waals surface area contributed by atoms with Crippen LogP contribution in [-0.4, -0.2) is 376 Å². The largest absolute Gasteiger partial charge is 0.471 e. The van der Waals surface area contributed by atoms with Crippen molar-refractivity contribution in [3.8, 4) is 0 Å². The van der Waals surface area contributed by atoms with Crippen LogP contribution < -0.4 is 63.8 Å². The highest BCUT2D eigenvalue weighted by Gasteiger charge is 2.48. The third-order valence-corrected chi connectivity index (χ3v) is 22.3. The fourth-order valence-corrected chi connectivity index (χ4v) is 14.6. The highest BCUT2D eigenvalue weighted by Crippen LogP contribution is 2.42. The second kappa shape index (κ2) is 74.1. The van der Waals surface area contributed by atoms with E-state index in [1.54, 1.807) is 0 Å². The number of rotatable bonds is 75. The number of aliphatic hydroxyl groups excluding tert-OH is 10. The van der Waals surface area contributed by atoms with Gasteiger partial charge in [0.15, 0.2) is 18.9 Å². The van der Waals surface area contributed by atoms with Gasteiger partial charge in [-0.2, -0.15) is 0 Å². The first-order valence-electron chi connectivity index (χ1n) is 46.7. The van der Waals surface area contributed by atoms with E-state index < -0.39 is 173 Å². The van der Waals surface area contributed by atoms with Gasteiger partial charge in [0.1, 0.15) is 85.1 Å². The van der Waals surface area contributed by atoms with Gasteiger partial charge >= 0.3 is 7.82 Å². The molecule has 0 aliphatic carbocycles. The Morgan fingerprint density at radius 2 is 0.632 bits per heavy atom. The molecule has 23 N–H and O–H groups in total. The number of hydrogen-bond acceptors (Lipinski definition) is 34. The second-order valence-corrected chi connectivity index (χ2v) is 33.9. The monoisotopic (exact) mass is 1940 g/mol. The summed E-state index contributed by atoms with van der Waals surface area (Å²) in [7, 11) is -3.09. The van der Waals surface area contributed by atoms with E-state index in [2.05, 4.69) is 68.3 Å². The zero-order valence-corrected chi connectivity index (χ0v) is 79.1. The fourth-order valence-electron chi connectivity index (χ4n) is 14.1. The number of amides is 12. The standard InChI is InChI=1S/C83H151N12O35P.C2H6/c1-54(100)91-70-76(113)73(110)60(50-97)128-81(70)124-46-43-121-40-37-87-66(106)29-20-27-64(104)85-34-18-14-24-58(79(116)90-36-16-11-9-7-5-6-8-10-12-26-63(103)84-33-17-13-23-57(49-96)53-127-131(118,119)120-4)95-80(117)59(94-69(109)32-22-31-68(108)89-39-42-123-45-48-126-83-72(93-56(3)102)78(115)75(112)62(52-99)130-83)25-15-19-35-86-65(105)28-21-30-67(107)88-38-41-122-44-47-125-82-71(92-55(2)101)77(114)74(111)61(51-98)129-82;1-2/h57-62,70-78,81-83,96-99,110-115H,5-53H2,1-4H3,(H,84,103)(H,85,104)(H,86,105)(H,87,106)(H,88,107)(H,89,108)(H,90,116)(H,91,100)(H,92,101)(H,93,102)(H,94,109)(H,95,117)(H,118,119);1-2H3/t57?,58-,59-,60?,61?,62?,70?,71?,72?,73?,74?,75?,76?,77?,78?,81?,82?,83?;/m0./s1. The van der Waals surface area contributed by atoms with Crippen LogP contribution in [-0.2, 0) is 114 Å². The molecule has 19 atom stereocenters. The van der Waals surface area contributed by atoms with Crippen molar-refractivity contribution in [2.75, 3.05) is 145 Å². The summed E-state index contributed by atoms with van der Waals surface area (Å²) in [5.41, 5.74) is 0. The third kappa shape index (κ3) is 55.2. The lowest BCUT2D eigenvalue weighted by atomic mass is 9.97. The summed E-state index contributed by atoms with van der Waals surface area (Å²) in [6.45, 7) is 6.80. The van der Waals surface area contributed by atoms with Gasteiger partial charge in [-0.3, -0.25) is 66.6 Å². The molecule has 48 heteroatoms. The van der Waals surface area contributed by atoms with Crippen molar-refractivity contribution in [1.29, 1.82) is 0 Å². The molecule has 47 nitrogen and oxygen atoms in total. The van der Waals surface area contributed by atoms with Crippen LogP contribution in [0.15, 0.2) is 0 Å². The molecule has 3 heterocycles. The lowest BCUT2D eigenvalue weighted by Gasteiger charge is -2.42. The van der Waals surface area contributed by atoms with E-state index in [4.69, 9.17) is 47.2 Å². The van der Waals surface area contributed by atoms with Gasteiger partial charge in [0.2, 0.25) is 70.9 Å². The zero-order chi connectivity index (χ0) is 98.7. The normalized spacial score (nSPS) is 22.7. The Morgan fingerprint density at radius 3 is 0.962 bits per heavy atom. The van der Waals surface area contributed by atoms with Crippen molar-refractivity contribution in [1.82, 2.24) is 63.8 Å². The molecule has 3 rings (SSSR count). The number of carbonyl (C=O) groups excluding carboxylic acids is 12. The molecule has 0 spiro atoms. The van der Waals surface area contributed by atoms with Crippen molar-refractivity contribution in [3.05, 3.63) is 0 Å². The number of nitrogens with one attached hydrogen (secondary N) is 12. The minimum absolute atomic E-state index is 0.00298. The van der Waals surface area contributed by atoms with E-state index >= 15 is 0 Å². The Bertz CT molecular complexity index is 3320. The molecule has 3 saturated heterocycles. The Balaban J connectivity index is 0.0000297. The van der Waals surface area contributed by atoms with E-state index in [0.717, 1.165) is 58.5 Å². The maximum atomic E-state index is 14.5. The molecular formula is C85H157N12O35P. The molecule has 0 aromatic carbocycles. The molecular weight excluding hydrogens is 1780 g/mol. The summed E-state index contributed by atoms with van der Waals surface area (Å²) in [5.74, 6) is -5.46. The van der Waals surface area contributed by atoms with E-state index in [-0.39, 0.29) is 224 Å². The molecule has 17 unspecified atom stereocenters. The highest BCUT2D eigenvalue weighted by molar-refractivity contribution is 7.47. The van der Waals surface area contributed by atoms with Gasteiger partial charge in [-0.05, 0) is 83.5 Å². The van der Waals surface area contributed by atoms with E-state index in [0.29, 0.717) is 57.9 Å². The quantitative estimate of drug-likeness (QED) is 0.0204. The molecule has 3 fully saturated rings. The van der Waals surface area contributed by atoms with E-state index in [1.807, 2.05) is 13.8 Å². The van der Waals surface area contributed by atoms with Gasteiger partial charge in [0.25, 0.3) is 0 Å². The van der Waals surface area contributed by atoms with Gasteiger partial charge in [-0.1, -0.05) is 65.2 Å². The maximum Gasteiger partial charge on any atom is 0.471 e. The summed E-state index contributed by atoms with van der Waals surface area (Å²) in [4.78, 5) is 163. The Hall–Kier alpha value is -7.01. The van der Waals surface area contributed by atoms with Crippen molar-refractivity contribution >= 4 is 78.7 Å². The smallest absolute Gasteiger partial charge is 0.396 e. The predicted molar refractivity (Wildman–Crippen MR) is 475 cm³/mol. The molecule has 133 heavy (non-hydrogen) atoms. The zero-order valence-electron chi connectivity index (χ0n) is 78.2. The van der Waals surface area contributed by atoms with E-state index in [1.165, 1.54) is 20.8 Å². The van der Waals surface area contributed by atoms with Gasteiger partial charge in [-0.15, -0.1) is 0 Å². The van der Waals surface area contributed by atoms with Crippen molar-refractivity contribution in [2.24, 2.45) is 5.92 Å². The second-order valence-electron chi connectivity index (χ2n) is 32.3. The Labute approximate surface area is 778 Å². The maximum absolute atomic E-state index is 14.5. The molecule has 0 aromatic rings. The number of aliphatic hydroxyl groups is 10. The van der Waals surface area contributed by atoms with Crippen molar-refractivity contribution in [3.63, 3.8) is 0 Å². The number of phosphoric ester groups is 1. The number of carbonyl (C=O) groups is 12. The SMILES string of the molecule is CC.COP(=O)(O)OCC(CO)CCCCNC(=O)CCCCCCCCCCCNC(=O)[C@H](CCCCNC(=O)CCCC(=O)NCCOCCOC1OC(CO)C(O)C(O)C1NC(C)=O)NC(=O)[C@H](CCCCNC(=O)CCCC(=O)NCCOCCOC1OC(CO)C(O)C(O)C1NC(C)=O)NC(=O)CCCC(=O)NCCOCCOC1OC(CO)C(O)C(O)C1NC(C)=O. The molecule has 772 valence electrons. The minimum Gasteiger partial charge on any atom is -0.396 e. The van der Waals surface area contributed by atoms with Crippen LogP contribution >= 0.6 is 7.82 Å². The number of ether oxygens (including phenoxy) is 9. The lowest BCUT2D eigenvalue weighted by molar-refractivity contribution is -0.272. The molecule has 0 radical (unpaired) electrons. The topological polar surface area (TPSA) is 690 Å². The number of hydrogen-bond donors (Lipinski definition) is 23. The van der Waals surface area contributed by atoms with Crippen LogP contribution in [0.1, 0.15) is 214 Å². The average Bonchev–Trinajstić information content (AvgIpc) is 0.816. The molecule has 0 aromatic heterocycles. The van der Waals surface area contributed by atoms with Gasteiger partial charge in [0.05, 0.1) is 85.9 Å². The van der Waals surface area contributed by atoms with Gasteiger partial charge in [0, 0.05) is 131 Å². The van der Waals surface area contributed by atoms with Gasteiger partial charge < -0.3 is 162 Å². The first kappa shape index (κ1) is 122. The fraction of sp³-hybridized carbons (Fsp3) is 0.859. The summed E-state index contributed by atoms with van der Waals surface area (Å²) in [6, 6.07) is -5.70. The Kier molecular flexibility index (Phi) is 68.0. The summed E-state index contributed by atoms with van der Waals surface area (Å²) >= 11 is 0. The third-order valence-electron chi connectivity index (χ3n) is 21.4. The number of phosphoric acid groups is 1. The average molecular weight is 1940 g/mol. The molecule has 0 saturated carbocycles. The molecule has 0 bridgehead atoms. The van der Waals surface area contributed by atoms with Crippen LogP contribution in [0.2, 0.25) is 0 Å². The first-order chi connectivity index (χ1) is 63.8. The molecule has 12 amide bonds. The van der Waals surface area contributed by atoms with Crippen molar-refractivity contribution < 1.29 is 170 Å².